The number of nitrogens with zero attached hydrogens (tertiary/aromatic N) is 6. The minimum atomic E-state index is -3.73. The number of aromatic nitrogens is 3. The van der Waals surface area contributed by atoms with E-state index in [1.807, 2.05) is 26.0 Å². The molecule has 4 atom stereocenters. The monoisotopic (exact) mass is 1020 g/mol. The summed E-state index contributed by atoms with van der Waals surface area (Å²) in [5, 5.41) is 17.4. The minimum Gasteiger partial charge on any atom is -0.508 e. The number of ether oxygens (including phenoxy) is 1. The Morgan fingerprint density at radius 3 is 2.39 bits per heavy atom. The third-order valence-electron chi connectivity index (χ3n) is 12.4. The number of carbonyl (C=O) groups excluding carboxylic acids is 4. The highest BCUT2D eigenvalue weighted by Gasteiger charge is 2.41. The maximum absolute atomic E-state index is 14.6. The smallest absolute Gasteiger partial charge is 0.324 e. The molecule has 2 fully saturated rings. The molecule has 3 aliphatic rings. The number of phenolic OH excluding ortho intramolecular Hbond substituents is 1. The summed E-state index contributed by atoms with van der Waals surface area (Å²) < 4.78 is 34.4. The van der Waals surface area contributed by atoms with Crippen LogP contribution < -0.4 is 10.7 Å². The first-order valence-electron chi connectivity index (χ1n) is 21.6. The van der Waals surface area contributed by atoms with Gasteiger partial charge >= 0.3 is 5.97 Å². The van der Waals surface area contributed by atoms with Crippen molar-refractivity contribution in [3.8, 4) is 28.1 Å². The summed E-state index contributed by atoms with van der Waals surface area (Å²) in [6.45, 7) is 14.3. The Morgan fingerprint density at radius 2 is 1.73 bits per heavy atom. The molecular formula is C46H66N8O8S5. The predicted molar refractivity (Wildman–Crippen MR) is 279 cm³/mol. The molecule has 5 heterocycles. The zero-order valence-electron chi connectivity index (χ0n) is 38.8. The van der Waals surface area contributed by atoms with Gasteiger partial charge in [-0.2, -0.15) is 58.3 Å². The first-order valence-corrected chi connectivity index (χ1v) is 23.1. The molecule has 2 saturated heterocycles. The van der Waals surface area contributed by atoms with Crippen LogP contribution in [0.1, 0.15) is 65.0 Å². The standard InChI is InChI=1S/C46H58N8O8S.4H2S/c1-8-53-39-13-12-30-21-35(39)36(41(53)33-23-47-27-48-24-33)22-46(5,6)26-62-45(59)37-11-10-15-54(50-37)44(58)38(19-29-17-32(30)20-34(55)18-29)49-42(56)40(28(3)4)51(7)43(57)31-14-16-52(25-31)63(60,61)9-2;;;;/h9,12-13,17-18,20-21,23-24,27-28,31,37-38,40,50,55H,2,8,10-11,14-16,19,22,25-26H2,1,3-7H3,(H,49,56);4*1H2/t31-,37-,38-,40-;;;;/m0..../s1. The highest BCUT2D eigenvalue weighted by Crippen LogP contribution is 2.40. The molecule has 16 nitrogen and oxygen atoms in total. The van der Waals surface area contributed by atoms with E-state index in [1.54, 1.807) is 38.4 Å². The van der Waals surface area contributed by atoms with Gasteiger partial charge in [-0.3, -0.25) is 24.2 Å². The maximum Gasteiger partial charge on any atom is 0.324 e. The highest BCUT2D eigenvalue weighted by molar-refractivity contribution is 7.92. The molecule has 4 aromatic rings. The van der Waals surface area contributed by atoms with Crippen LogP contribution in [0.4, 0.5) is 0 Å². The zero-order chi connectivity index (χ0) is 45.4. The number of sulfonamides is 1. The summed E-state index contributed by atoms with van der Waals surface area (Å²) in [5.74, 6) is -3.07. The van der Waals surface area contributed by atoms with Crippen LogP contribution in [-0.2, 0) is 53.3 Å². The van der Waals surface area contributed by atoms with Gasteiger partial charge in [0.15, 0.2) is 0 Å². The number of hydrogen-bond donors (Lipinski definition) is 3. The fourth-order valence-electron chi connectivity index (χ4n) is 9.33. The second-order valence-electron chi connectivity index (χ2n) is 18.0. The number of hydrazine groups is 1. The lowest BCUT2D eigenvalue weighted by Crippen LogP contribution is -2.62. The second kappa shape index (κ2) is 23.4. The predicted octanol–water partition coefficient (Wildman–Crippen LogP) is 4.87. The molecule has 0 saturated carbocycles. The maximum atomic E-state index is 14.6. The Labute approximate surface area is 421 Å². The second-order valence-corrected chi connectivity index (χ2v) is 19.9. The van der Waals surface area contributed by atoms with Crippen molar-refractivity contribution in [2.24, 2.45) is 17.3 Å². The van der Waals surface area contributed by atoms with Crippen LogP contribution in [0.3, 0.4) is 0 Å². The van der Waals surface area contributed by atoms with Crippen molar-refractivity contribution in [3.05, 3.63) is 78.2 Å². The molecule has 67 heavy (non-hydrogen) atoms. The number of amides is 3. The van der Waals surface area contributed by atoms with Gasteiger partial charge in [-0.15, -0.1) is 0 Å². The number of phenols is 1. The molecular weight excluding hydrogens is 953 g/mol. The van der Waals surface area contributed by atoms with Crippen molar-refractivity contribution >= 4 is 98.6 Å². The molecule has 368 valence electrons. The molecule has 3 amide bonds. The number of aryl methyl sites for hydroxylation is 1. The van der Waals surface area contributed by atoms with E-state index in [2.05, 4.69) is 50.9 Å². The number of benzene rings is 2. The molecule has 3 aliphatic heterocycles. The van der Waals surface area contributed by atoms with Gasteiger partial charge in [0.2, 0.25) is 21.8 Å². The van der Waals surface area contributed by atoms with E-state index in [0.29, 0.717) is 36.9 Å². The van der Waals surface area contributed by atoms with Gasteiger partial charge in [0.05, 0.1) is 18.2 Å². The van der Waals surface area contributed by atoms with Crippen molar-refractivity contribution in [3.63, 3.8) is 0 Å². The molecule has 0 unspecified atom stereocenters. The number of hydrogen-bond acceptors (Lipinski definition) is 11. The van der Waals surface area contributed by atoms with Crippen molar-refractivity contribution in [1.29, 1.82) is 0 Å². The highest BCUT2D eigenvalue weighted by atomic mass is 32.2. The van der Waals surface area contributed by atoms with E-state index >= 15 is 0 Å². The molecule has 21 heteroatoms. The lowest BCUT2D eigenvalue weighted by Gasteiger charge is -2.37. The Balaban J connectivity index is 0.00000298. The van der Waals surface area contributed by atoms with Crippen molar-refractivity contribution in [2.75, 3.05) is 33.3 Å². The molecule has 0 spiro atoms. The summed E-state index contributed by atoms with van der Waals surface area (Å²) in [5.41, 5.74) is 8.48. The fraction of sp³-hybridized carbons (Fsp3) is 0.478. The van der Waals surface area contributed by atoms with Gasteiger partial charge in [-0.25, -0.2) is 23.8 Å². The van der Waals surface area contributed by atoms with Crippen LogP contribution in [0.5, 0.6) is 5.75 Å². The number of aromatic hydroxyl groups is 1. The van der Waals surface area contributed by atoms with Crippen molar-refractivity contribution in [1.82, 2.24) is 39.5 Å². The SMILES string of the molecule is C=CS(=O)(=O)N1CC[C@H](C(=O)N(C)[C@H](C(=O)N[C@H]2Cc3cc(O)cc(c3)-c3ccc4c(c3)c(c(-c3cncnc3)n4CC)CC(C)(C)COC(=O)[C@@H]3CCCN(N3)C2=O)C(C)C)C1.S.S.S.S. The Bertz CT molecular complexity index is 2540. The average molecular weight is 1020 g/mol. The first-order chi connectivity index (χ1) is 29.9. The third kappa shape index (κ3) is 12.3. The molecule has 6 bridgehead atoms. The van der Waals surface area contributed by atoms with Gasteiger partial charge in [0, 0.05) is 79.3 Å². The van der Waals surface area contributed by atoms with E-state index in [0.717, 1.165) is 38.7 Å². The summed E-state index contributed by atoms with van der Waals surface area (Å²) >= 11 is 0. The number of nitrogens with one attached hydrogen (secondary N) is 2. The summed E-state index contributed by atoms with van der Waals surface area (Å²) in [4.78, 5) is 66.7. The first kappa shape index (κ1) is 57.1. The summed E-state index contributed by atoms with van der Waals surface area (Å²) in [7, 11) is -2.21. The Hall–Kier alpha value is -4.25. The molecule has 3 N–H and O–H groups in total. The van der Waals surface area contributed by atoms with Crippen LogP contribution in [0.25, 0.3) is 33.3 Å². The van der Waals surface area contributed by atoms with Crippen LogP contribution in [-0.4, -0.2) is 117 Å². The number of fused-ring (bicyclic) bond motifs is 6. The Kier molecular flexibility index (Phi) is 19.9. The minimum absolute atomic E-state index is 0. The molecule has 0 aliphatic carbocycles. The summed E-state index contributed by atoms with van der Waals surface area (Å²) in [6, 6.07) is 8.22. The fourth-order valence-corrected chi connectivity index (χ4v) is 10.3. The van der Waals surface area contributed by atoms with Crippen LogP contribution >= 0.6 is 54.0 Å². The third-order valence-corrected chi connectivity index (χ3v) is 13.9. The van der Waals surface area contributed by atoms with E-state index in [1.165, 1.54) is 27.6 Å². The molecule has 2 aromatic heterocycles. The lowest BCUT2D eigenvalue weighted by molar-refractivity contribution is -0.155. The largest absolute Gasteiger partial charge is 0.508 e. The number of carbonyl (C=O) groups is 4. The Morgan fingerprint density at radius 1 is 1.03 bits per heavy atom. The molecule has 2 aromatic carbocycles. The van der Waals surface area contributed by atoms with Gasteiger partial charge in [-0.05, 0) is 85.0 Å². The van der Waals surface area contributed by atoms with Crippen LogP contribution in [0.15, 0.2) is 67.1 Å². The summed E-state index contributed by atoms with van der Waals surface area (Å²) in [6.07, 6.45) is 6.79. The van der Waals surface area contributed by atoms with E-state index in [4.69, 9.17) is 4.74 Å². The van der Waals surface area contributed by atoms with Crippen LogP contribution in [0, 0.1) is 17.3 Å². The van der Waals surface area contributed by atoms with Gasteiger partial charge in [0.1, 0.15) is 30.2 Å². The van der Waals surface area contributed by atoms with Crippen LogP contribution in [0.2, 0.25) is 0 Å². The van der Waals surface area contributed by atoms with Crippen molar-refractivity contribution < 1.29 is 37.4 Å². The van der Waals surface area contributed by atoms with Gasteiger partial charge < -0.3 is 24.6 Å². The number of cyclic esters (lactones) is 1. The van der Waals surface area contributed by atoms with Gasteiger partial charge in [-0.1, -0.05) is 46.4 Å². The normalized spacial score (nSPS) is 20.2. The van der Waals surface area contributed by atoms with E-state index in [9.17, 15) is 32.7 Å². The molecule has 0 radical (unpaired) electrons. The van der Waals surface area contributed by atoms with Crippen molar-refractivity contribution in [2.45, 2.75) is 91.4 Å². The van der Waals surface area contributed by atoms with E-state index in [-0.39, 0.29) is 105 Å². The number of rotatable bonds is 9. The van der Waals surface area contributed by atoms with Gasteiger partial charge in [0.25, 0.3) is 5.91 Å². The topological polar surface area (TPSA) is 196 Å². The number of likely N-dealkylation sites (N-methyl/N-ethyl adjacent to an activating group) is 1. The van der Waals surface area contributed by atoms with E-state index < -0.39 is 63.2 Å². The number of esters is 1. The quantitative estimate of drug-likeness (QED) is 0.194. The average Bonchev–Trinajstić information content (AvgIpc) is 3.88. The zero-order valence-corrected chi connectivity index (χ0v) is 43.7. The molecule has 7 rings (SSSR count). The lowest BCUT2D eigenvalue weighted by atomic mass is 9.84.